The maximum atomic E-state index is 13.7. The van der Waals surface area contributed by atoms with Crippen molar-refractivity contribution in [2.45, 2.75) is 42.9 Å². The third-order valence-corrected chi connectivity index (χ3v) is 8.71. The van der Waals surface area contributed by atoms with Gasteiger partial charge in [0.2, 0.25) is 5.91 Å². The fraction of sp³-hybridized carbons (Fsp3) is 0.480. The number of piperidine rings is 2. The van der Waals surface area contributed by atoms with Gasteiger partial charge in [0.05, 0.1) is 29.0 Å². The smallest absolute Gasteiger partial charge is 0.420 e. The van der Waals surface area contributed by atoms with Crippen LogP contribution >= 0.6 is 11.8 Å². The Labute approximate surface area is 221 Å². The van der Waals surface area contributed by atoms with E-state index in [9.17, 15) is 27.6 Å². The molecule has 0 spiro atoms. The van der Waals surface area contributed by atoms with Crippen LogP contribution in [0.15, 0.2) is 41.5 Å². The number of nitrogens with zero attached hydrogens (tertiary/aromatic N) is 2. The zero-order valence-corrected chi connectivity index (χ0v) is 21.5. The normalized spacial score (nSPS) is 27.0. The van der Waals surface area contributed by atoms with Gasteiger partial charge in [-0.25, -0.2) is 4.79 Å². The molecular weight excluding hydrogens is 523 g/mol. The lowest BCUT2D eigenvalue weighted by Crippen LogP contribution is -2.62. The Hall–Kier alpha value is -3.19. The van der Waals surface area contributed by atoms with Crippen LogP contribution in [0.25, 0.3) is 0 Å². The zero-order chi connectivity index (χ0) is 27.2. The average Bonchev–Trinajstić information content (AvgIpc) is 3.27. The first-order valence-corrected chi connectivity index (χ1v) is 13.2. The maximum Gasteiger partial charge on any atom is 0.420 e. The van der Waals surface area contributed by atoms with Gasteiger partial charge in [-0.2, -0.15) is 13.2 Å². The monoisotopic (exact) mass is 551 g/mol. The number of thioether (sulfide) groups is 1. The van der Waals surface area contributed by atoms with Gasteiger partial charge in [-0.05, 0) is 50.1 Å². The minimum atomic E-state index is -4.66. The van der Waals surface area contributed by atoms with Crippen molar-refractivity contribution in [2.24, 2.45) is 5.92 Å². The number of carbonyl (C=O) groups is 3. The van der Waals surface area contributed by atoms with Gasteiger partial charge in [0.1, 0.15) is 5.75 Å². The molecule has 0 aliphatic carbocycles. The van der Waals surface area contributed by atoms with Gasteiger partial charge in [0.15, 0.2) is 0 Å². The highest BCUT2D eigenvalue weighted by Gasteiger charge is 2.52. The van der Waals surface area contributed by atoms with Crippen molar-refractivity contribution in [1.29, 1.82) is 0 Å². The number of ether oxygens (including phenoxy) is 1. The van der Waals surface area contributed by atoms with Crippen LogP contribution in [-0.2, 0) is 15.8 Å². The van der Waals surface area contributed by atoms with Crippen molar-refractivity contribution in [3.8, 4) is 5.75 Å². The fourth-order valence-corrected chi connectivity index (χ4v) is 7.06. The van der Waals surface area contributed by atoms with Crippen LogP contribution in [0.4, 0.5) is 23.7 Å². The number of alkyl halides is 3. The second-order valence-corrected chi connectivity index (χ2v) is 10.8. The first-order chi connectivity index (χ1) is 18.1. The zero-order valence-electron chi connectivity index (χ0n) is 20.6. The van der Waals surface area contributed by atoms with E-state index in [0.717, 1.165) is 19.6 Å². The van der Waals surface area contributed by atoms with Gasteiger partial charge < -0.3 is 25.6 Å². The molecule has 5 rings (SSSR count). The minimum absolute atomic E-state index is 0.109. The van der Waals surface area contributed by atoms with Gasteiger partial charge in [-0.1, -0.05) is 18.3 Å². The summed E-state index contributed by atoms with van der Waals surface area (Å²) in [6, 6.07) is 2.31. The molecule has 204 valence electrons. The van der Waals surface area contributed by atoms with Crippen LogP contribution in [0.5, 0.6) is 5.75 Å². The van der Waals surface area contributed by atoms with E-state index in [4.69, 9.17) is 4.74 Å². The number of methoxy groups -OCH3 is 1. The third-order valence-electron chi connectivity index (χ3n) is 7.36. The van der Waals surface area contributed by atoms with Crippen molar-refractivity contribution >= 4 is 35.3 Å². The molecule has 0 bridgehead atoms. The molecule has 1 aromatic carbocycles. The van der Waals surface area contributed by atoms with E-state index in [2.05, 4.69) is 22.5 Å². The number of benzene rings is 1. The number of likely N-dealkylation sites (tertiary alicyclic amines) is 1. The summed E-state index contributed by atoms with van der Waals surface area (Å²) in [4.78, 5) is 42.1. The lowest BCUT2D eigenvalue weighted by atomic mass is 9.86. The summed E-state index contributed by atoms with van der Waals surface area (Å²) < 4.78 is 45.9. The van der Waals surface area contributed by atoms with E-state index in [1.807, 2.05) is 0 Å². The van der Waals surface area contributed by atoms with Crippen molar-refractivity contribution < 1.29 is 32.3 Å². The third kappa shape index (κ3) is 4.73. The second-order valence-electron chi connectivity index (χ2n) is 9.60. The highest BCUT2D eigenvalue weighted by atomic mass is 32.2. The SMILES string of the molecule is C=CC(=O)N1CCC[C@@H](NC(=O)C2=C3NC(=O)N(c4ccc(OC)c(C(F)(F)F)c4)C4CCNC(S2)C34)C1. The Balaban J connectivity index is 1.41. The number of urea groups is 1. The molecule has 9 nitrogen and oxygen atoms in total. The highest BCUT2D eigenvalue weighted by molar-refractivity contribution is 8.04. The highest BCUT2D eigenvalue weighted by Crippen LogP contribution is 2.48. The predicted octanol–water partition coefficient (Wildman–Crippen LogP) is 2.80. The molecule has 1 aromatic rings. The predicted molar refractivity (Wildman–Crippen MR) is 135 cm³/mol. The van der Waals surface area contributed by atoms with Gasteiger partial charge in [-0.15, -0.1) is 0 Å². The van der Waals surface area contributed by atoms with E-state index >= 15 is 0 Å². The number of hydrogen-bond acceptors (Lipinski definition) is 6. The lowest BCUT2D eigenvalue weighted by Gasteiger charge is -2.46. The Morgan fingerprint density at radius 2 is 2.08 bits per heavy atom. The number of halogens is 3. The molecule has 13 heteroatoms. The molecule has 4 atom stereocenters. The fourth-order valence-electron chi connectivity index (χ4n) is 5.67. The topological polar surface area (TPSA) is 103 Å². The van der Waals surface area contributed by atoms with Gasteiger partial charge in [-0.3, -0.25) is 14.5 Å². The van der Waals surface area contributed by atoms with Crippen LogP contribution in [0.2, 0.25) is 0 Å². The largest absolute Gasteiger partial charge is 0.496 e. The summed E-state index contributed by atoms with van der Waals surface area (Å²) in [5, 5.41) is 8.94. The van der Waals surface area contributed by atoms with E-state index < -0.39 is 23.8 Å². The molecule has 0 aromatic heterocycles. The number of anilines is 1. The van der Waals surface area contributed by atoms with Crippen LogP contribution in [0.1, 0.15) is 24.8 Å². The molecule has 3 saturated heterocycles. The molecule has 0 radical (unpaired) electrons. The molecule has 0 saturated carbocycles. The van der Waals surface area contributed by atoms with Crippen LogP contribution in [-0.4, -0.2) is 66.9 Å². The first-order valence-electron chi connectivity index (χ1n) is 12.3. The number of amides is 4. The number of carbonyl (C=O) groups excluding carboxylic acids is 3. The molecule has 3 fully saturated rings. The van der Waals surface area contributed by atoms with Gasteiger partial charge in [0, 0.05) is 36.4 Å². The summed E-state index contributed by atoms with van der Waals surface area (Å²) in [5.41, 5.74) is -0.373. The van der Waals surface area contributed by atoms with Crippen molar-refractivity contribution in [1.82, 2.24) is 20.9 Å². The Morgan fingerprint density at radius 3 is 2.79 bits per heavy atom. The summed E-state index contributed by atoms with van der Waals surface area (Å²) in [7, 11) is 1.16. The van der Waals surface area contributed by atoms with E-state index in [-0.39, 0.29) is 40.6 Å². The standard InChI is InChI=1S/C25H28F3N5O4S/c1-3-18(34)32-10-4-5-13(12-32)30-22(35)21-20-19-16(8-9-29-23(19)38-21)33(24(36)31-20)14-6-7-17(37-2)15(11-14)25(26,27)28/h3,6-7,11,13,16,19,23,29H,1,4-5,8-10,12H2,2H3,(H,30,35)(H,31,36)/t13-,16?,19?,23?/m1/s1. The second kappa shape index (κ2) is 10.2. The molecular formula is C25H28F3N5O4S. The van der Waals surface area contributed by atoms with Crippen LogP contribution in [0.3, 0.4) is 0 Å². The van der Waals surface area contributed by atoms with Gasteiger partial charge >= 0.3 is 12.2 Å². The van der Waals surface area contributed by atoms with Gasteiger partial charge in [0.25, 0.3) is 5.91 Å². The molecule has 3 N–H and O–H groups in total. The summed E-state index contributed by atoms with van der Waals surface area (Å²) >= 11 is 1.31. The Kier molecular flexibility index (Phi) is 7.07. The van der Waals surface area contributed by atoms with Crippen LogP contribution < -0.4 is 25.6 Å². The molecule has 4 aliphatic heterocycles. The average molecular weight is 552 g/mol. The van der Waals surface area contributed by atoms with E-state index in [1.54, 1.807) is 4.90 Å². The lowest BCUT2D eigenvalue weighted by molar-refractivity contribution is -0.138. The quantitative estimate of drug-likeness (QED) is 0.487. The van der Waals surface area contributed by atoms with Crippen LogP contribution in [0, 0.1) is 5.92 Å². The summed E-state index contributed by atoms with van der Waals surface area (Å²) in [6.45, 7) is 5.03. The number of nitrogens with one attached hydrogen (secondary N) is 3. The molecule has 38 heavy (non-hydrogen) atoms. The Bertz CT molecular complexity index is 1210. The van der Waals surface area contributed by atoms with Crippen molar-refractivity contribution in [3.05, 3.63) is 47.0 Å². The molecule has 4 heterocycles. The van der Waals surface area contributed by atoms with Crippen molar-refractivity contribution in [3.63, 3.8) is 0 Å². The molecule has 4 aliphatic rings. The number of rotatable bonds is 5. The minimum Gasteiger partial charge on any atom is -0.496 e. The number of hydrogen-bond donors (Lipinski definition) is 3. The van der Waals surface area contributed by atoms with E-state index in [1.165, 1.54) is 34.9 Å². The Morgan fingerprint density at radius 1 is 1.29 bits per heavy atom. The summed E-state index contributed by atoms with van der Waals surface area (Å²) in [5.74, 6) is -1.16. The van der Waals surface area contributed by atoms with E-state index in [0.29, 0.717) is 43.1 Å². The summed E-state index contributed by atoms with van der Waals surface area (Å²) in [6.07, 6.45) is -1.45. The first kappa shape index (κ1) is 26.4. The maximum absolute atomic E-state index is 13.7. The molecule has 4 amide bonds. The van der Waals surface area contributed by atoms with Crippen molar-refractivity contribution in [2.75, 3.05) is 31.6 Å². The molecule has 3 unspecified atom stereocenters.